The summed E-state index contributed by atoms with van der Waals surface area (Å²) in [5, 5.41) is 0. The van der Waals surface area contributed by atoms with E-state index in [0.29, 0.717) is 6.54 Å². The molecule has 2 aromatic rings. The van der Waals surface area contributed by atoms with E-state index in [4.69, 9.17) is 10.5 Å². The van der Waals surface area contributed by atoms with Crippen molar-refractivity contribution in [1.82, 2.24) is 0 Å². The SMILES string of the molecule is CCc1ccc(OC)c(C(CN)Cc2ccc(C(C)(C)C)cc2)c1. The molecule has 2 aromatic carbocycles. The summed E-state index contributed by atoms with van der Waals surface area (Å²) in [6.07, 6.45) is 1.96. The zero-order valence-electron chi connectivity index (χ0n) is 15.7. The molecule has 0 radical (unpaired) electrons. The molecule has 0 aliphatic heterocycles. The van der Waals surface area contributed by atoms with Crippen LogP contribution in [0.15, 0.2) is 42.5 Å². The van der Waals surface area contributed by atoms with E-state index in [2.05, 4.69) is 70.2 Å². The highest BCUT2D eigenvalue weighted by Gasteiger charge is 2.17. The van der Waals surface area contributed by atoms with Gasteiger partial charge in [-0.15, -0.1) is 0 Å². The van der Waals surface area contributed by atoms with Gasteiger partial charge in [-0.05, 0) is 53.1 Å². The number of ether oxygens (including phenoxy) is 1. The molecule has 0 amide bonds. The number of rotatable bonds is 6. The minimum Gasteiger partial charge on any atom is -0.496 e. The van der Waals surface area contributed by atoms with Crippen LogP contribution in [-0.4, -0.2) is 13.7 Å². The molecule has 0 saturated heterocycles. The van der Waals surface area contributed by atoms with E-state index in [1.165, 1.54) is 22.3 Å². The summed E-state index contributed by atoms with van der Waals surface area (Å²) in [7, 11) is 1.73. The third kappa shape index (κ3) is 4.39. The van der Waals surface area contributed by atoms with Crippen LogP contribution in [0.5, 0.6) is 5.75 Å². The molecule has 0 aromatic heterocycles. The predicted octanol–water partition coefficient (Wildman–Crippen LogP) is 4.84. The van der Waals surface area contributed by atoms with Crippen molar-refractivity contribution >= 4 is 0 Å². The molecule has 2 N–H and O–H groups in total. The number of nitrogens with two attached hydrogens (primary N) is 1. The molecule has 0 aliphatic rings. The molecule has 1 unspecified atom stereocenters. The Morgan fingerprint density at radius 3 is 2.12 bits per heavy atom. The second-order valence-electron chi connectivity index (χ2n) is 7.51. The van der Waals surface area contributed by atoms with Crippen molar-refractivity contribution in [3.63, 3.8) is 0 Å². The molecule has 0 spiro atoms. The van der Waals surface area contributed by atoms with E-state index < -0.39 is 0 Å². The maximum Gasteiger partial charge on any atom is 0.122 e. The third-order valence-electron chi connectivity index (χ3n) is 4.73. The van der Waals surface area contributed by atoms with Gasteiger partial charge in [-0.3, -0.25) is 0 Å². The maximum absolute atomic E-state index is 6.11. The number of hydrogen-bond acceptors (Lipinski definition) is 2. The molecule has 2 nitrogen and oxygen atoms in total. The van der Waals surface area contributed by atoms with Crippen molar-refractivity contribution in [3.05, 3.63) is 64.7 Å². The summed E-state index contributed by atoms with van der Waals surface area (Å²) in [5.74, 6) is 1.21. The summed E-state index contributed by atoms with van der Waals surface area (Å²) in [6.45, 7) is 9.52. The van der Waals surface area contributed by atoms with Crippen molar-refractivity contribution in [3.8, 4) is 5.75 Å². The van der Waals surface area contributed by atoms with Gasteiger partial charge in [0.1, 0.15) is 5.75 Å². The molecule has 24 heavy (non-hydrogen) atoms. The van der Waals surface area contributed by atoms with Gasteiger partial charge in [-0.1, -0.05) is 64.1 Å². The predicted molar refractivity (Wildman–Crippen MR) is 103 cm³/mol. The topological polar surface area (TPSA) is 35.2 Å². The fourth-order valence-electron chi connectivity index (χ4n) is 3.07. The van der Waals surface area contributed by atoms with Gasteiger partial charge in [0.2, 0.25) is 0 Å². The second kappa shape index (κ2) is 7.85. The molecule has 0 bridgehead atoms. The first-order valence-electron chi connectivity index (χ1n) is 8.85. The average Bonchev–Trinajstić information content (AvgIpc) is 2.58. The highest BCUT2D eigenvalue weighted by Crippen LogP contribution is 2.31. The van der Waals surface area contributed by atoms with Crippen LogP contribution in [0.25, 0.3) is 0 Å². The zero-order chi connectivity index (χ0) is 17.7. The molecule has 130 valence electrons. The third-order valence-corrected chi connectivity index (χ3v) is 4.73. The molecular formula is C22H31NO. The molecule has 2 rings (SSSR count). The Morgan fingerprint density at radius 2 is 1.62 bits per heavy atom. The lowest BCUT2D eigenvalue weighted by Crippen LogP contribution is -2.16. The molecular weight excluding hydrogens is 294 g/mol. The van der Waals surface area contributed by atoms with Gasteiger partial charge in [0.05, 0.1) is 7.11 Å². The zero-order valence-corrected chi connectivity index (χ0v) is 15.7. The first-order chi connectivity index (χ1) is 11.4. The molecule has 0 fully saturated rings. The number of benzene rings is 2. The largest absolute Gasteiger partial charge is 0.496 e. The lowest BCUT2D eigenvalue weighted by Gasteiger charge is -2.21. The van der Waals surface area contributed by atoms with Crippen LogP contribution >= 0.6 is 0 Å². The summed E-state index contributed by atoms with van der Waals surface area (Å²) >= 11 is 0. The first kappa shape index (κ1) is 18.5. The van der Waals surface area contributed by atoms with Crippen molar-refractivity contribution in [2.24, 2.45) is 5.73 Å². The fourth-order valence-corrected chi connectivity index (χ4v) is 3.07. The van der Waals surface area contributed by atoms with Crippen molar-refractivity contribution in [2.45, 2.75) is 51.9 Å². The van der Waals surface area contributed by atoms with E-state index in [-0.39, 0.29) is 11.3 Å². The Bertz CT molecular complexity index is 653. The first-order valence-corrected chi connectivity index (χ1v) is 8.85. The van der Waals surface area contributed by atoms with Crippen molar-refractivity contribution in [1.29, 1.82) is 0 Å². The molecule has 1 atom stereocenters. The van der Waals surface area contributed by atoms with Crippen LogP contribution in [-0.2, 0) is 18.3 Å². The lowest BCUT2D eigenvalue weighted by atomic mass is 9.85. The van der Waals surface area contributed by atoms with Crippen LogP contribution in [0.1, 0.15) is 55.9 Å². The number of aryl methyl sites for hydroxylation is 1. The summed E-state index contributed by atoms with van der Waals surface area (Å²) in [6, 6.07) is 15.4. The Kier molecular flexibility index (Phi) is 6.06. The smallest absolute Gasteiger partial charge is 0.122 e. The van der Waals surface area contributed by atoms with Gasteiger partial charge in [0.25, 0.3) is 0 Å². The van der Waals surface area contributed by atoms with E-state index in [0.717, 1.165) is 18.6 Å². The fraction of sp³-hybridized carbons (Fsp3) is 0.455. The minimum absolute atomic E-state index is 0.185. The number of methoxy groups -OCH3 is 1. The molecule has 0 heterocycles. The number of hydrogen-bond donors (Lipinski definition) is 1. The summed E-state index contributed by atoms with van der Waals surface area (Å²) < 4.78 is 5.57. The van der Waals surface area contributed by atoms with Crippen LogP contribution in [0.3, 0.4) is 0 Å². The van der Waals surface area contributed by atoms with Gasteiger partial charge in [-0.2, -0.15) is 0 Å². The maximum atomic E-state index is 6.11. The van der Waals surface area contributed by atoms with Gasteiger partial charge in [0, 0.05) is 5.92 Å². The average molecular weight is 325 g/mol. The van der Waals surface area contributed by atoms with E-state index in [9.17, 15) is 0 Å². The van der Waals surface area contributed by atoms with Gasteiger partial charge in [0.15, 0.2) is 0 Å². The van der Waals surface area contributed by atoms with Crippen LogP contribution in [0.2, 0.25) is 0 Å². The molecule has 0 saturated carbocycles. The highest BCUT2D eigenvalue weighted by atomic mass is 16.5. The van der Waals surface area contributed by atoms with Gasteiger partial charge < -0.3 is 10.5 Å². The molecule has 2 heteroatoms. The Morgan fingerprint density at radius 1 is 1.00 bits per heavy atom. The van der Waals surface area contributed by atoms with Crippen LogP contribution in [0.4, 0.5) is 0 Å². The van der Waals surface area contributed by atoms with E-state index >= 15 is 0 Å². The van der Waals surface area contributed by atoms with Gasteiger partial charge >= 0.3 is 0 Å². The summed E-state index contributed by atoms with van der Waals surface area (Å²) in [5.41, 5.74) is 11.5. The van der Waals surface area contributed by atoms with Gasteiger partial charge in [-0.25, -0.2) is 0 Å². The monoisotopic (exact) mass is 325 g/mol. The van der Waals surface area contributed by atoms with E-state index in [1.54, 1.807) is 7.11 Å². The summed E-state index contributed by atoms with van der Waals surface area (Å²) in [4.78, 5) is 0. The molecule has 0 aliphatic carbocycles. The normalized spacial score (nSPS) is 12.9. The van der Waals surface area contributed by atoms with E-state index in [1.807, 2.05) is 0 Å². The van der Waals surface area contributed by atoms with Crippen LogP contribution in [0, 0.1) is 0 Å². The minimum atomic E-state index is 0.185. The highest BCUT2D eigenvalue weighted by molar-refractivity contribution is 5.41. The van der Waals surface area contributed by atoms with Crippen molar-refractivity contribution < 1.29 is 4.74 Å². The Labute approximate surface area is 147 Å². The quantitative estimate of drug-likeness (QED) is 0.825. The Hall–Kier alpha value is -1.80. The van der Waals surface area contributed by atoms with Crippen molar-refractivity contribution in [2.75, 3.05) is 13.7 Å². The lowest BCUT2D eigenvalue weighted by molar-refractivity contribution is 0.405. The van der Waals surface area contributed by atoms with Crippen LogP contribution < -0.4 is 10.5 Å². The standard InChI is InChI=1S/C22H31NO/c1-6-16-9-12-21(24-5)20(14-16)18(15-23)13-17-7-10-19(11-8-17)22(2,3)4/h7-12,14,18H,6,13,15,23H2,1-5H3. The Balaban J connectivity index is 2.26. The second-order valence-corrected chi connectivity index (χ2v) is 7.51.